The molecule has 2 fully saturated rings. The molecule has 1 aromatic carbocycles. The SMILES string of the molecule is CC(=O)N1CCN(c2ccc(Nc3ncc4c(C)cc(=O)n(C5CCCC5)c4n3)cc2)CC1(C)C. The van der Waals surface area contributed by atoms with Gasteiger partial charge in [0.05, 0.1) is 5.54 Å². The molecule has 2 aromatic heterocycles. The number of carbonyl (C=O) groups is 1. The number of amides is 1. The van der Waals surface area contributed by atoms with Crippen molar-refractivity contribution in [2.75, 3.05) is 29.9 Å². The number of hydrogen-bond donors (Lipinski definition) is 1. The molecule has 1 N–H and O–H groups in total. The summed E-state index contributed by atoms with van der Waals surface area (Å²) in [6.45, 7) is 10.1. The van der Waals surface area contributed by atoms with Crippen LogP contribution in [0.3, 0.4) is 0 Å². The fourth-order valence-corrected chi connectivity index (χ4v) is 5.69. The van der Waals surface area contributed by atoms with Gasteiger partial charge in [-0.1, -0.05) is 12.8 Å². The topological polar surface area (TPSA) is 83.4 Å². The predicted octanol–water partition coefficient (Wildman–Crippen LogP) is 4.41. The van der Waals surface area contributed by atoms with Crippen LogP contribution < -0.4 is 15.8 Å². The van der Waals surface area contributed by atoms with E-state index in [4.69, 9.17) is 4.98 Å². The number of anilines is 3. The Morgan fingerprint density at radius 1 is 1.11 bits per heavy atom. The van der Waals surface area contributed by atoms with Crippen molar-refractivity contribution in [1.29, 1.82) is 0 Å². The van der Waals surface area contributed by atoms with Crippen molar-refractivity contribution in [2.45, 2.75) is 65.0 Å². The van der Waals surface area contributed by atoms with Gasteiger partial charge in [-0.25, -0.2) is 4.98 Å². The minimum Gasteiger partial charge on any atom is -0.367 e. The minimum atomic E-state index is -0.215. The van der Waals surface area contributed by atoms with Crippen molar-refractivity contribution in [1.82, 2.24) is 19.4 Å². The highest BCUT2D eigenvalue weighted by Crippen LogP contribution is 2.31. The van der Waals surface area contributed by atoms with Gasteiger partial charge in [-0.05, 0) is 63.4 Å². The number of fused-ring (bicyclic) bond motifs is 1. The molecule has 1 amide bonds. The summed E-state index contributed by atoms with van der Waals surface area (Å²) in [5.74, 6) is 0.608. The van der Waals surface area contributed by atoms with E-state index < -0.39 is 0 Å². The third-order valence-corrected chi connectivity index (χ3v) is 7.46. The molecular weight excluding hydrogens is 440 g/mol. The maximum atomic E-state index is 12.9. The lowest BCUT2D eigenvalue weighted by Crippen LogP contribution is -2.60. The van der Waals surface area contributed by atoms with Gasteiger partial charge in [0, 0.05) is 61.6 Å². The number of nitrogens with zero attached hydrogens (tertiary/aromatic N) is 5. The van der Waals surface area contributed by atoms with Crippen LogP contribution in [0, 0.1) is 6.92 Å². The highest BCUT2D eigenvalue weighted by Gasteiger charge is 2.35. The highest BCUT2D eigenvalue weighted by molar-refractivity contribution is 5.79. The van der Waals surface area contributed by atoms with Gasteiger partial charge in [0.2, 0.25) is 11.9 Å². The Bertz CT molecular complexity index is 1310. The van der Waals surface area contributed by atoms with E-state index in [9.17, 15) is 9.59 Å². The minimum absolute atomic E-state index is 0.0173. The van der Waals surface area contributed by atoms with Crippen LogP contribution in [0.1, 0.15) is 58.1 Å². The van der Waals surface area contributed by atoms with Gasteiger partial charge >= 0.3 is 0 Å². The normalized spacial score (nSPS) is 18.3. The molecule has 0 spiro atoms. The van der Waals surface area contributed by atoms with Gasteiger partial charge in [-0.2, -0.15) is 4.98 Å². The monoisotopic (exact) mass is 474 g/mol. The first-order valence-corrected chi connectivity index (χ1v) is 12.5. The summed E-state index contributed by atoms with van der Waals surface area (Å²) in [5.41, 5.74) is 3.43. The molecule has 0 bridgehead atoms. The number of piperazine rings is 1. The van der Waals surface area contributed by atoms with Gasteiger partial charge in [0.25, 0.3) is 5.56 Å². The second kappa shape index (κ2) is 8.98. The van der Waals surface area contributed by atoms with E-state index in [1.54, 1.807) is 13.0 Å². The average Bonchev–Trinajstić information content (AvgIpc) is 3.33. The number of hydrogen-bond acceptors (Lipinski definition) is 6. The van der Waals surface area contributed by atoms with E-state index in [-0.39, 0.29) is 23.0 Å². The van der Waals surface area contributed by atoms with Crippen LogP contribution in [-0.2, 0) is 4.79 Å². The van der Waals surface area contributed by atoms with Crippen LogP contribution in [-0.4, -0.2) is 50.5 Å². The number of carbonyl (C=O) groups excluding carboxylic acids is 1. The molecule has 1 saturated heterocycles. The Hall–Kier alpha value is -3.42. The van der Waals surface area contributed by atoms with Crippen molar-refractivity contribution in [3.8, 4) is 0 Å². The van der Waals surface area contributed by atoms with Gasteiger partial charge in [0.1, 0.15) is 5.65 Å². The Labute approximate surface area is 206 Å². The molecular formula is C27H34N6O2. The van der Waals surface area contributed by atoms with Crippen LogP contribution in [0.4, 0.5) is 17.3 Å². The standard InChI is InChI=1S/C27H34N6O2/c1-18-15-24(35)33(22-7-5-6-8-22)25-23(18)16-28-26(30-25)29-20-9-11-21(12-10-20)31-13-14-32(19(2)34)27(3,4)17-31/h9-12,15-16,22H,5-8,13-14,17H2,1-4H3,(H,28,29,30). The van der Waals surface area contributed by atoms with E-state index in [2.05, 4.69) is 41.2 Å². The Kier molecular flexibility index (Phi) is 5.99. The summed E-state index contributed by atoms with van der Waals surface area (Å²) in [6, 6.07) is 10.1. The number of pyridine rings is 1. The fourth-order valence-electron chi connectivity index (χ4n) is 5.69. The summed E-state index contributed by atoms with van der Waals surface area (Å²) >= 11 is 0. The van der Waals surface area contributed by atoms with Crippen LogP contribution >= 0.6 is 0 Å². The smallest absolute Gasteiger partial charge is 0.252 e. The maximum absolute atomic E-state index is 12.9. The molecule has 1 aliphatic carbocycles. The van der Waals surface area contributed by atoms with Crippen LogP contribution in [0.2, 0.25) is 0 Å². The zero-order valence-electron chi connectivity index (χ0n) is 21.0. The molecule has 2 aliphatic rings. The summed E-state index contributed by atoms with van der Waals surface area (Å²) in [4.78, 5) is 38.4. The van der Waals surface area contributed by atoms with Crippen LogP contribution in [0.5, 0.6) is 0 Å². The molecule has 184 valence electrons. The average molecular weight is 475 g/mol. The van der Waals surface area contributed by atoms with Gasteiger partial charge in [-0.15, -0.1) is 0 Å². The largest absolute Gasteiger partial charge is 0.367 e. The Morgan fingerprint density at radius 2 is 1.83 bits per heavy atom. The molecule has 0 unspecified atom stereocenters. The predicted molar refractivity (Wildman–Crippen MR) is 139 cm³/mol. The van der Waals surface area contributed by atoms with Crippen molar-refractivity contribution >= 4 is 34.3 Å². The van der Waals surface area contributed by atoms with E-state index in [1.807, 2.05) is 34.7 Å². The summed E-state index contributed by atoms with van der Waals surface area (Å²) in [5, 5.41) is 4.23. The van der Waals surface area contributed by atoms with Crippen molar-refractivity contribution in [3.05, 3.63) is 52.4 Å². The third kappa shape index (κ3) is 4.49. The summed E-state index contributed by atoms with van der Waals surface area (Å²) < 4.78 is 1.87. The van der Waals surface area contributed by atoms with Gasteiger partial charge < -0.3 is 15.1 Å². The molecule has 8 heteroatoms. The molecule has 0 atom stereocenters. The molecule has 3 heterocycles. The van der Waals surface area contributed by atoms with Crippen molar-refractivity contribution < 1.29 is 4.79 Å². The molecule has 35 heavy (non-hydrogen) atoms. The molecule has 1 aliphatic heterocycles. The molecule has 8 nitrogen and oxygen atoms in total. The van der Waals surface area contributed by atoms with E-state index in [0.29, 0.717) is 11.6 Å². The molecule has 0 radical (unpaired) electrons. The zero-order chi connectivity index (χ0) is 24.7. The highest BCUT2D eigenvalue weighted by atomic mass is 16.2. The second-order valence-electron chi connectivity index (χ2n) is 10.5. The zero-order valence-corrected chi connectivity index (χ0v) is 21.0. The first kappa shape index (κ1) is 23.3. The number of nitrogens with one attached hydrogen (secondary N) is 1. The maximum Gasteiger partial charge on any atom is 0.252 e. The lowest BCUT2D eigenvalue weighted by Gasteiger charge is -2.47. The van der Waals surface area contributed by atoms with Gasteiger partial charge in [-0.3, -0.25) is 14.2 Å². The van der Waals surface area contributed by atoms with Crippen LogP contribution in [0.25, 0.3) is 11.0 Å². The fraction of sp³-hybridized carbons (Fsp3) is 0.481. The first-order valence-electron chi connectivity index (χ1n) is 12.5. The Morgan fingerprint density at radius 3 is 2.49 bits per heavy atom. The third-order valence-electron chi connectivity index (χ3n) is 7.46. The lowest BCUT2D eigenvalue weighted by atomic mass is 9.98. The van der Waals surface area contributed by atoms with E-state index in [0.717, 1.165) is 67.6 Å². The van der Waals surface area contributed by atoms with E-state index >= 15 is 0 Å². The quantitative estimate of drug-likeness (QED) is 0.603. The van der Waals surface area contributed by atoms with E-state index in [1.165, 1.54) is 0 Å². The second-order valence-corrected chi connectivity index (χ2v) is 10.5. The molecule has 5 rings (SSSR count). The van der Waals surface area contributed by atoms with Crippen LogP contribution in [0.15, 0.2) is 41.3 Å². The Balaban J connectivity index is 1.37. The van der Waals surface area contributed by atoms with Gasteiger partial charge in [0.15, 0.2) is 0 Å². The summed E-state index contributed by atoms with van der Waals surface area (Å²) in [7, 11) is 0. The number of benzene rings is 1. The first-order chi connectivity index (χ1) is 16.7. The number of aryl methyl sites for hydroxylation is 1. The van der Waals surface area contributed by atoms with Crippen molar-refractivity contribution in [2.24, 2.45) is 0 Å². The number of aromatic nitrogens is 3. The molecule has 3 aromatic rings. The number of rotatable bonds is 4. The summed E-state index contributed by atoms with van der Waals surface area (Å²) in [6.07, 6.45) is 6.15. The lowest BCUT2D eigenvalue weighted by molar-refractivity contribution is -0.134. The van der Waals surface area contributed by atoms with Crippen molar-refractivity contribution in [3.63, 3.8) is 0 Å². The molecule has 1 saturated carbocycles.